The van der Waals surface area contributed by atoms with Crippen molar-refractivity contribution in [3.05, 3.63) is 16.9 Å². The average Bonchev–Trinajstić information content (AvgIpc) is 2.39. The van der Waals surface area contributed by atoms with Gasteiger partial charge in [-0.1, -0.05) is 0 Å². The maximum absolute atomic E-state index is 12.0. The molecule has 0 saturated carbocycles. The second kappa shape index (κ2) is 6.04. The van der Waals surface area contributed by atoms with Crippen LogP contribution in [0, 0.1) is 0 Å². The lowest BCUT2D eigenvalue weighted by Crippen LogP contribution is -2.39. The summed E-state index contributed by atoms with van der Waals surface area (Å²) in [5.74, 6) is 0.123. The average molecular weight is 313 g/mol. The number of carbonyl (C=O) groups excluding carboxylic acids is 1. The second-order valence-electron chi connectivity index (χ2n) is 4.38. The van der Waals surface area contributed by atoms with Gasteiger partial charge in [-0.3, -0.25) is 9.78 Å². The Bertz CT molecular complexity index is 412. The van der Waals surface area contributed by atoms with E-state index in [0.29, 0.717) is 5.69 Å². The van der Waals surface area contributed by atoms with Crippen molar-refractivity contribution in [1.82, 2.24) is 9.88 Å². The predicted molar refractivity (Wildman–Crippen MR) is 75.3 cm³/mol. The van der Waals surface area contributed by atoms with E-state index in [2.05, 4.69) is 26.2 Å². The number of anilines is 2. The molecule has 0 bridgehead atoms. The van der Waals surface area contributed by atoms with Gasteiger partial charge in [-0.15, -0.1) is 0 Å². The number of likely N-dealkylation sites (tertiary alicyclic amines) is 1. The summed E-state index contributed by atoms with van der Waals surface area (Å²) in [5, 5.41) is 3.08. The van der Waals surface area contributed by atoms with Crippen molar-refractivity contribution >= 4 is 33.2 Å². The highest BCUT2D eigenvalue weighted by atomic mass is 79.9. The fourth-order valence-corrected chi connectivity index (χ4v) is 2.54. The highest BCUT2D eigenvalue weighted by Crippen LogP contribution is 2.26. The number of hydrogen-bond donors (Lipinski definition) is 2. The predicted octanol–water partition coefficient (Wildman–Crippen LogP) is 1.85. The Kier molecular flexibility index (Phi) is 4.41. The van der Waals surface area contributed by atoms with E-state index >= 15 is 0 Å². The Balaban J connectivity index is 1.92. The summed E-state index contributed by atoms with van der Waals surface area (Å²) in [5.41, 5.74) is 7.08. The number of aromatic nitrogens is 1. The Morgan fingerprint density at radius 3 is 2.78 bits per heavy atom. The van der Waals surface area contributed by atoms with Crippen molar-refractivity contribution in [2.24, 2.45) is 0 Å². The Hall–Kier alpha value is -1.30. The number of nitrogen functional groups attached to an aromatic ring is 1. The zero-order valence-electron chi connectivity index (χ0n) is 10.2. The number of nitrogens with one attached hydrogen (secondary N) is 1. The highest BCUT2D eigenvalue weighted by molar-refractivity contribution is 9.10. The number of pyridine rings is 1. The van der Waals surface area contributed by atoms with Gasteiger partial charge in [0.05, 0.1) is 28.6 Å². The molecule has 1 amide bonds. The summed E-state index contributed by atoms with van der Waals surface area (Å²) in [6.45, 7) is 2.01. The third-order valence-corrected chi connectivity index (χ3v) is 3.66. The van der Waals surface area contributed by atoms with Crippen molar-refractivity contribution in [3.63, 3.8) is 0 Å². The van der Waals surface area contributed by atoms with Gasteiger partial charge < -0.3 is 16.0 Å². The molecule has 0 aromatic carbocycles. The molecule has 3 N–H and O–H groups in total. The summed E-state index contributed by atoms with van der Waals surface area (Å²) in [7, 11) is 0. The molecule has 0 aliphatic carbocycles. The summed E-state index contributed by atoms with van der Waals surface area (Å²) in [6.07, 6.45) is 6.66. The van der Waals surface area contributed by atoms with Crippen molar-refractivity contribution in [2.75, 3.05) is 30.7 Å². The number of carbonyl (C=O) groups is 1. The lowest BCUT2D eigenvalue weighted by atomic mass is 10.1. The van der Waals surface area contributed by atoms with Gasteiger partial charge in [0.25, 0.3) is 0 Å². The Labute approximate surface area is 115 Å². The van der Waals surface area contributed by atoms with Crippen LogP contribution in [0.2, 0.25) is 0 Å². The van der Waals surface area contributed by atoms with Crippen LogP contribution >= 0.6 is 15.9 Å². The molecule has 2 rings (SSSR count). The van der Waals surface area contributed by atoms with E-state index in [-0.39, 0.29) is 12.5 Å². The molecule has 0 spiro atoms. The van der Waals surface area contributed by atoms with E-state index in [0.717, 1.165) is 36.1 Å². The summed E-state index contributed by atoms with van der Waals surface area (Å²) >= 11 is 3.36. The minimum Gasteiger partial charge on any atom is -0.396 e. The molecule has 5 nitrogen and oxygen atoms in total. The minimum absolute atomic E-state index is 0.123. The van der Waals surface area contributed by atoms with Gasteiger partial charge in [-0.25, -0.2) is 0 Å². The van der Waals surface area contributed by atoms with Gasteiger partial charge in [-0.05, 0) is 35.2 Å². The quantitative estimate of drug-likeness (QED) is 0.893. The Morgan fingerprint density at radius 2 is 2.11 bits per heavy atom. The first-order chi connectivity index (χ1) is 8.68. The van der Waals surface area contributed by atoms with Gasteiger partial charge in [0.2, 0.25) is 5.91 Å². The maximum atomic E-state index is 12.0. The fourth-order valence-electron chi connectivity index (χ4n) is 2.06. The second-order valence-corrected chi connectivity index (χ2v) is 5.23. The molecule has 18 heavy (non-hydrogen) atoms. The van der Waals surface area contributed by atoms with Gasteiger partial charge in [0, 0.05) is 19.3 Å². The molecule has 1 saturated heterocycles. The summed E-state index contributed by atoms with van der Waals surface area (Å²) < 4.78 is 0.772. The molecule has 1 aromatic rings. The standard InChI is InChI=1S/C12H17BrN4O/c13-9-6-15-7-10(14)12(9)16-8-11(18)17-4-2-1-3-5-17/h6-7H,1-5,8,14H2,(H,15,16). The van der Waals surface area contributed by atoms with Crippen LogP contribution in [0.1, 0.15) is 19.3 Å². The lowest BCUT2D eigenvalue weighted by Gasteiger charge is -2.27. The molecular formula is C12H17BrN4O. The van der Waals surface area contributed by atoms with Crippen molar-refractivity contribution in [1.29, 1.82) is 0 Å². The maximum Gasteiger partial charge on any atom is 0.241 e. The molecular weight excluding hydrogens is 296 g/mol. The van der Waals surface area contributed by atoms with Gasteiger partial charge in [-0.2, -0.15) is 0 Å². The van der Waals surface area contributed by atoms with Crippen LogP contribution in [0.5, 0.6) is 0 Å². The van der Waals surface area contributed by atoms with Crippen molar-refractivity contribution in [3.8, 4) is 0 Å². The number of halogens is 1. The van der Waals surface area contributed by atoms with Gasteiger partial charge >= 0.3 is 0 Å². The van der Waals surface area contributed by atoms with Gasteiger partial charge in [0.15, 0.2) is 0 Å². The Morgan fingerprint density at radius 1 is 1.39 bits per heavy atom. The number of nitrogens with zero attached hydrogens (tertiary/aromatic N) is 2. The first-order valence-corrected chi connectivity index (χ1v) is 6.88. The molecule has 1 aliphatic heterocycles. The first-order valence-electron chi connectivity index (χ1n) is 6.09. The minimum atomic E-state index is 0.123. The molecule has 0 atom stereocenters. The van der Waals surface area contributed by atoms with Crippen LogP contribution in [0.4, 0.5) is 11.4 Å². The molecule has 2 heterocycles. The van der Waals surface area contributed by atoms with Crippen molar-refractivity contribution < 1.29 is 4.79 Å². The summed E-state index contributed by atoms with van der Waals surface area (Å²) in [4.78, 5) is 17.8. The zero-order chi connectivity index (χ0) is 13.0. The van der Waals surface area contributed by atoms with E-state index < -0.39 is 0 Å². The fraction of sp³-hybridized carbons (Fsp3) is 0.500. The molecule has 0 radical (unpaired) electrons. The summed E-state index contributed by atoms with van der Waals surface area (Å²) in [6, 6.07) is 0. The third kappa shape index (κ3) is 3.13. The van der Waals surface area contributed by atoms with E-state index in [4.69, 9.17) is 5.73 Å². The third-order valence-electron chi connectivity index (χ3n) is 3.05. The number of hydrogen-bond acceptors (Lipinski definition) is 4. The van der Waals surface area contributed by atoms with Crippen LogP contribution < -0.4 is 11.1 Å². The van der Waals surface area contributed by atoms with E-state index in [9.17, 15) is 4.79 Å². The normalized spacial score (nSPS) is 15.5. The van der Waals surface area contributed by atoms with Crippen LogP contribution in [-0.4, -0.2) is 35.4 Å². The lowest BCUT2D eigenvalue weighted by molar-refractivity contribution is -0.130. The first kappa shape index (κ1) is 13.1. The molecule has 6 heteroatoms. The molecule has 1 fully saturated rings. The monoisotopic (exact) mass is 312 g/mol. The zero-order valence-corrected chi connectivity index (χ0v) is 11.7. The smallest absolute Gasteiger partial charge is 0.241 e. The van der Waals surface area contributed by atoms with E-state index in [1.54, 1.807) is 12.4 Å². The van der Waals surface area contributed by atoms with Crippen LogP contribution in [0.15, 0.2) is 16.9 Å². The number of piperidine rings is 1. The molecule has 0 unspecified atom stereocenters. The van der Waals surface area contributed by atoms with Crippen LogP contribution in [-0.2, 0) is 4.79 Å². The number of amides is 1. The van der Waals surface area contributed by atoms with Crippen LogP contribution in [0.25, 0.3) is 0 Å². The topological polar surface area (TPSA) is 71.2 Å². The van der Waals surface area contributed by atoms with Crippen molar-refractivity contribution in [2.45, 2.75) is 19.3 Å². The van der Waals surface area contributed by atoms with E-state index in [1.807, 2.05) is 4.90 Å². The largest absolute Gasteiger partial charge is 0.396 e. The molecule has 98 valence electrons. The van der Waals surface area contributed by atoms with E-state index in [1.165, 1.54) is 6.42 Å². The molecule has 1 aromatic heterocycles. The highest BCUT2D eigenvalue weighted by Gasteiger charge is 2.16. The van der Waals surface area contributed by atoms with Crippen LogP contribution in [0.3, 0.4) is 0 Å². The SMILES string of the molecule is Nc1cncc(Br)c1NCC(=O)N1CCCCC1. The van der Waals surface area contributed by atoms with Gasteiger partial charge in [0.1, 0.15) is 0 Å². The molecule has 1 aliphatic rings. The number of nitrogens with two attached hydrogens (primary N) is 1. The number of rotatable bonds is 3.